The molecule has 128 valence electrons. The fourth-order valence-electron chi connectivity index (χ4n) is 3.41. The van der Waals surface area contributed by atoms with Crippen molar-refractivity contribution in [3.63, 3.8) is 0 Å². The molecule has 4 rings (SSSR count). The highest BCUT2D eigenvalue weighted by molar-refractivity contribution is 5.86. The number of amides is 2. The highest BCUT2D eigenvalue weighted by Crippen LogP contribution is 2.20. The zero-order valence-corrected chi connectivity index (χ0v) is 14.4. The SMILES string of the molecule is Cc1cnn(CC2CN(C(=O)NCc3cccc4ccccc34)C2)c1. The largest absolute Gasteiger partial charge is 0.334 e. The average Bonchev–Trinajstić information content (AvgIpc) is 3.00. The van der Waals surface area contributed by atoms with E-state index in [9.17, 15) is 4.79 Å². The lowest BCUT2D eigenvalue weighted by atomic mass is 10.0. The van der Waals surface area contributed by atoms with Crippen molar-refractivity contribution in [2.75, 3.05) is 13.1 Å². The lowest BCUT2D eigenvalue weighted by Gasteiger charge is -2.39. The Hall–Kier alpha value is -2.82. The minimum Gasteiger partial charge on any atom is -0.334 e. The molecule has 1 aromatic heterocycles. The quantitative estimate of drug-likeness (QED) is 0.797. The van der Waals surface area contributed by atoms with Gasteiger partial charge in [-0.15, -0.1) is 0 Å². The molecule has 1 fully saturated rings. The predicted molar refractivity (Wildman–Crippen MR) is 98.2 cm³/mol. The second-order valence-corrected chi connectivity index (χ2v) is 6.81. The van der Waals surface area contributed by atoms with Crippen molar-refractivity contribution in [3.05, 3.63) is 66.0 Å². The Morgan fingerprint density at radius 1 is 1.20 bits per heavy atom. The van der Waals surface area contributed by atoms with E-state index in [0.717, 1.165) is 25.2 Å². The topological polar surface area (TPSA) is 50.2 Å². The van der Waals surface area contributed by atoms with Crippen LogP contribution in [0.4, 0.5) is 4.79 Å². The van der Waals surface area contributed by atoms with Gasteiger partial charge in [-0.3, -0.25) is 4.68 Å². The maximum absolute atomic E-state index is 12.3. The number of hydrogen-bond acceptors (Lipinski definition) is 2. The van der Waals surface area contributed by atoms with E-state index in [4.69, 9.17) is 0 Å². The van der Waals surface area contributed by atoms with Crippen LogP contribution in [-0.2, 0) is 13.1 Å². The van der Waals surface area contributed by atoms with Gasteiger partial charge in [-0.25, -0.2) is 4.79 Å². The minimum absolute atomic E-state index is 0.0147. The maximum Gasteiger partial charge on any atom is 0.317 e. The number of benzene rings is 2. The van der Waals surface area contributed by atoms with Crippen LogP contribution >= 0.6 is 0 Å². The first-order chi connectivity index (χ1) is 12.2. The lowest BCUT2D eigenvalue weighted by molar-refractivity contribution is 0.108. The van der Waals surface area contributed by atoms with Crippen LogP contribution in [0.15, 0.2) is 54.9 Å². The van der Waals surface area contributed by atoms with Crippen LogP contribution in [-0.4, -0.2) is 33.8 Å². The summed E-state index contributed by atoms with van der Waals surface area (Å²) in [6.45, 7) is 5.05. The van der Waals surface area contributed by atoms with Gasteiger partial charge in [-0.2, -0.15) is 5.10 Å². The van der Waals surface area contributed by atoms with E-state index < -0.39 is 0 Å². The summed E-state index contributed by atoms with van der Waals surface area (Å²) in [5.41, 5.74) is 2.32. The van der Waals surface area contributed by atoms with E-state index in [1.807, 2.05) is 47.1 Å². The summed E-state index contributed by atoms with van der Waals surface area (Å²) >= 11 is 0. The van der Waals surface area contributed by atoms with Gasteiger partial charge in [-0.1, -0.05) is 42.5 Å². The van der Waals surface area contributed by atoms with Gasteiger partial charge in [0.05, 0.1) is 6.20 Å². The molecule has 1 saturated heterocycles. The molecule has 0 radical (unpaired) electrons. The molecule has 3 aromatic rings. The fraction of sp³-hybridized carbons (Fsp3) is 0.300. The monoisotopic (exact) mass is 334 g/mol. The summed E-state index contributed by atoms with van der Waals surface area (Å²) in [4.78, 5) is 14.2. The van der Waals surface area contributed by atoms with Gasteiger partial charge in [0.2, 0.25) is 0 Å². The van der Waals surface area contributed by atoms with Crippen LogP contribution in [0, 0.1) is 12.8 Å². The van der Waals surface area contributed by atoms with Crippen LogP contribution in [0.1, 0.15) is 11.1 Å². The van der Waals surface area contributed by atoms with Gasteiger partial charge in [-0.05, 0) is 28.8 Å². The lowest BCUT2D eigenvalue weighted by Crippen LogP contribution is -2.54. The number of carbonyl (C=O) groups is 1. The summed E-state index contributed by atoms with van der Waals surface area (Å²) < 4.78 is 1.96. The highest BCUT2D eigenvalue weighted by Gasteiger charge is 2.30. The number of nitrogens with zero attached hydrogens (tertiary/aromatic N) is 3. The normalized spacial score (nSPS) is 14.5. The number of rotatable bonds is 4. The van der Waals surface area contributed by atoms with E-state index in [0.29, 0.717) is 12.5 Å². The molecule has 2 heterocycles. The second-order valence-electron chi connectivity index (χ2n) is 6.81. The molecule has 5 heteroatoms. The number of likely N-dealkylation sites (tertiary alicyclic amines) is 1. The number of fused-ring (bicyclic) bond motifs is 1. The Balaban J connectivity index is 1.30. The van der Waals surface area contributed by atoms with E-state index in [1.165, 1.54) is 16.3 Å². The molecule has 2 aromatic carbocycles. The van der Waals surface area contributed by atoms with E-state index in [-0.39, 0.29) is 6.03 Å². The first-order valence-electron chi connectivity index (χ1n) is 8.67. The summed E-state index contributed by atoms with van der Waals surface area (Å²) in [5, 5.41) is 9.75. The van der Waals surface area contributed by atoms with Gasteiger partial charge in [0, 0.05) is 38.3 Å². The number of nitrogens with one attached hydrogen (secondary N) is 1. The number of hydrogen-bond donors (Lipinski definition) is 1. The van der Waals surface area contributed by atoms with E-state index in [2.05, 4.69) is 34.7 Å². The summed E-state index contributed by atoms with van der Waals surface area (Å²) in [6, 6.07) is 14.5. The van der Waals surface area contributed by atoms with E-state index >= 15 is 0 Å². The molecule has 0 spiro atoms. The first-order valence-corrected chi connectivity index (χ1v) is 8.67. The number of urea groups is 1. The summed E-state index contributed by atoms with van der Waals surface area (Å²) in [5.74, 6) is 0.489. The van der Waals surface area contributed by atoms with Crippen molar-refractivity contribution < 1.29 is 4.79 Å². The van der Waals surface area contributed by atoms with Crippen molar-refractivity contribution in [3.8, 4) is 0 Å². The van der Waals surface area contributed by atoms with Crippen LogP contribution in [0.5, 0.6) is 0 Å². The number of aryl methyl sites for hydroxylation is 1. The molecular weight excluding hydrogens is 312 g/mol. The van der Waals surface area contributed by atoms with Gasteiger partial charge in [0.15, 0.2) is 0 Å². The van der Waals surface area contributed by atoms with Crippen molar-refractivity contribution >= 4 is 16.8 Å². The Bertz CT molecular complexity index is 890. The van der Waals surface area contributed by atoms with Crippen LogP contribution in [0.3, 0.4) is 0 Å². The average molecular weight is 334 g/mol. The summed E-state index contributed by atoms with van der Waals surface area (Å²) in [7, 11) is 0. The van der Waals surface area contributed by atoms with Gasteiger partial charge < -0.3 is 10.2 Å². The van der Waals surface area contributed by atoms with Crippen LogP contribution in [0.25, 0.3) is 10.8 Å². The maximum atomic E-state index is 12.3. The van der Waals surface area contributed by atoms with Gasteiger partial charge in [0.25, 0.3) is 0 Å². The molecule has 1 aliphatic heterocycles. The fourth-order valence-corrected chi connectivity index (χ4v) is 3.41. The predicted octanol–water partition coefficient (Wildman–Crippen LogP) is 3.19. The van der Waals surface area contributed by atoms with Crippen LogP contribution in [0.2, 0.25) is 0 Å². The smallest absolute Gasteiger partial charge is 0.317 e. The molecular formula is C20H22N4O. The van der Waals surface area contributed by atoms with E-state index in [1.54, 1.807) is 0 Å². The second kappa shape index (κ2) is 6.59. The van der Waals surface area contributed by atoms with Crippen molar-refractivity contribution in [1.29, 1.82) is 0 Å². The molecule has 0 unspecified atom stereocenters. The Kier molecular flexibility index (Phi) is 4.14. The minimum atomic E-state index is 0.0147. The molecule has 1 aliphatic rings. The zero-order chi connectivity index (χ0) is 17.2. The van der Waals surface area contributed by atoms with Crippen molar-refractivity contribution in [2.45, 2.75) is 20.0 Å². The molecule has 25 heavy (non-hydrogen) atoms. The van der Waals surface area contributed by atoms with Crippen molar-refractivity contribution in [1.82, 2.24) is 20.0 Å². The molecule has 0 atom stereocenters. The summed E-state index contributed by atoms with van der Waals surface area (Å²) in [6.07, 6.45) is 3.91. The number of carbonyl (C=O) groups excluding carboxylic acids is 1. The highest BCUT2D eigenvalue weighted by atomic mass is 16.2. The third kappa shape index (κ3) is 3.36. The molecule has 0 bridgehead atoms. The third-order valence-corrected chi connectivity index (χ3v) is 4.76. The Labute approximate surface area is 147 Å². The molecule has 5 nitrogen and oxygen atoms in total. The Morgan fingerprint density at radius 3 is 2.80 bits per heavy atom. The van der Waals surface area contributed by atoms with Gasteiger partial charge in [0.1, 0.15) is 0 Å². The van der Waals surface area contributed by atoms with Gasteiger partial charge >= 0.3 is 6.03 Å². The molecule has 0 saturated carbocycles. The van der Waals surface area contributed by atoms with Crippen molar-refractivity contribution in [2.24, 2.45) is 5.92 Å². The zero-order valence-electron chi connectivity index (χ0n) is 14.4. The Morgan fingerprint density at radius 2 is 2.00 bits per heavy atom. The molecule has 0 aliphatic carbocycles. The molecule has 2 amide bonds. The number of aromatic nitrogens is 2. The first kappa shape index (κ1) is 15.7. The standard InChI is InChI=1S/C20H22N4O/c1-15-9-22-24(11-15)14-16-12-23(13-16)20(25)21-10-18-7-4-6-17-5-2-3-8-19(17)18/h2-9,11,16H,10,12-14H2,1H3,(H,21,25). The van der Waals surface area contributed by atoms with Crippen LogP contribution < -0.4 is 5.32 Å². The third-order valence-electron chi connectivity index (χ3n) is 4.76. The molecule has 1 N–H and O–H groups in total.